The van der Waals surface area contributed by atoms with E-state index < -0.39 is 55.3 Å². The van der Waals surface area contributed by atoms with Crippen molar-refractivity contribution in [2.24, 2.45) is 0 Å². The van der Waals surface area contributed by atoms with Crippen molar-refractivity contribution >= 4 is 17.9 Å². The van der Waals surface area contributed by atoms with E-state index in [1.165, 1.54) is 0 Å². The van der Waals surface area contributed by atoms with Crippen LogP contribution < -0.4 is 0 Å². The van der Waals surface area contributed by atoms with Crippen LogP contribution >= 0.6 is 0 Å². The lowest BCUT2D eigenvalue weighted by molar-refractivity contribution is -0.283. The molecule has 0 unspecified atom stereocenters. The van der Waals surface area contributed by atoms with Crippen LogP contribution in [0.25, 0.3) is 0 Å². The minimum atomic E-state index is -1.94. The average Bonchev–Trinajstić information content (AvgIpc) is 2.35. The van der Waals surface area contributed by atoms with Crippen LogP contribution in [-0.4, -0.2) is 60.4 Å². The van der Waals surface area contributed by atoms with E-state index in [9.17, 15) is 23.9 Å². The molecule has 9 heteroatoms. The molecule has 21 heavy (non-hydrogen) atoms. The Morgan fingerprint density at radius 1 is 1.05 bits per heavy atom. The minimum absolute atomic E-state index is 0.474. The molecule has 0 saturated carbocycles. The lowest BCUT2D eigenvalue weighted by Crippen LogP contribution is -2.59. The first-order valence-corrected chi connectivity index (χ1v) is 6.17. The highest BCUT2D eigenvalue weighted by Gasteiger charge is 2.50. The molecule has 1 saturated heterocycles. The van der Waals surface area contributed by atoms with Gasteiger partial charge in [-0.25, -0.2) is 4.39 Å². The van der Waals surface area contributed by atoms with E-state index in [4.69, 9.17) is 14.2 Å². The van der Waals surface area contributed by atoms with Crippen molar-refractivity contribution in [1.82, 2.24) is 0 Å². The number of carbonyl (C=O) groups is 3. The Morgan fingerprint density at radius 3 is 2.05 bits per heavy atom. The summed E-state index contributed by atoms with van der Waals surface area (Å²) in [5.41, 5.74) is 0. The molecule has 8 nitrogen and oxygen atoms in total. The molecule has 1 aliphatic heterocycles. The lowest BCUT2D eigenvalue weighted by atomic mass is 10.00. The SMILES string of the molecule is CC(=O)OC[C@H]1O[C@@H](O)[C@H](OC(C)=O)[C@@H](OC(C)=O)[C@@H]1F. The molecular formula is C12H17FO8. The molecular weight excluding hydrogens is 291 g/mol. The van der Waals surface area contributed by atoms with Crippen LogP contribution in [0.3, 0.4) is 0 Å². The Bertz CT molecular complexity index is 412. The number of alkyl halides is 1. The third-order valence-corrected chi connectivity index (χ3v) is 2.64. The van der Waals surface area contributed by atoms with Gasteiger partial charge in [0, 0.05) is 20.8 Å². The molecule has 1 aliphatic rings. The Kier molecular flexibility index (Phi) is 6.03. The number of halogens is 1. The van der Waals surface area contributed by atoms with E-state index in [0.29, 0.717) is 0 Å². The summed E-state index contributed by atoms with van der Waals surface area (Å²) in [6, 6.07) is 0. The number of hydrogen-bond donors (Lipinski definition) is 1. The molecule has 5 atom stereocenters. The summed E-state index contributed by atoms with van der Waals surface area (Å²) in [7, 11) is 0. The summed E-state index contributed by atoms with van der Waals surface area (Å²) >= 11 is 0. The van der Waals surface area contributed by atoms with Gasteiger partial charge in [-0.05, 0) is 0 Å². The van der Waals surface area contributed by atoms with Crippen molar-refractivity contribution in [3.05, 3.63) is 0 Å². The lowest BCUT2D eigenvalue weighted by Gasteiger charge is -2.39. The van der Waals surface area contributed by atoms with Gasteiger partial charge in [-0.1, -0.05) is 0 Å². The van der Waals surface area contributed by atoms with E-state index >= 15 is 0 Å². The van der Waals surface area contributed by atoms with Crippen LogP contribution in [-0.2, 0) is 33.3 Å². The van der Waals surface area contributed by atoms with Crippen LogP contribution in [0.15, 0.2) is 0 Å². The van der Waals surface area contributed by atoms with Crippen molar-refractivity contribution in [3.63, 3.8) is 0 Å². The van der Waals surface area contributed by atoms with Gasteiger partial charge in [-0.2, -0.15) is 0 Å². The number of esters is 3. The second-order valence-electron chi connectivity index (χ2n) is 4.46. The Morgan fingerprint density at radius 2 is 1.57 bits per heavy atom. The van der Waals surface area contributed by atoms with Crippen LogP contribution in [0.4, 0.5) is 4.39 Å². The number of hydrogen-bond acceptors (Lipinski definition) is 8. The van der Waals surface area contributed by atoms with E-state index in [-0.39, 0.29) is 0 Å². The second-order valence-corrected chi connectivity index (χ2v) is 4.46. The normalized spacial score (nSPS) is 32.1. The second kappa shape index (κ2) is 7.32. The number of carbonyl (C=O) groups excluding carboxylic acids is 3. The third-order valence-electron chi connectivity index (χ3n) is 2.64. The minimum Gasteiger partial charge on any atom is -0.463 e. The summed E-state index contributed by atoms with van der Waals surface area (Å²) in [6.45, 7) is 2.74. The van der Waals surface area contributed by atoms with Crippen LogP contribution in [0.1, 0.15) is 20.8 Å². The van der Waals surface area contributed by atoms with E-state index in [2.05, 4.69) is 4.74 Å². The quantitative estimate of drug-likeness (QED) is 0.545. The monoisotopic (exact) mass is 308 g/mol. The van der Waals surface area contributed by atoms with Gasteiger partial charge in [0.15, 0.2) is 24.7 Å². The van der Waals surface area contributed by atoms with Gasteiger partial charge in [-0.15, -0.1) is 0 Å². The summed E-state index contributed by atoms with van der Waals surface area (Å²) in [6.07, 6.45) is -8.07. The highest BCUT2D eigenvalue weighted by Crippen LogP contribution is 2.27. The number of ether oxygens (including phenoxy) is 4. The number of aliphatic hydroxyl groups is 1. The Balaban J connectivity index is 2.87. The fourth-order valence-corrected chi connectivity index (χ4v) is 1.86. The smallest absolute Gasteiger partial charge is 0.303 e. The van der Waals surface area contributed by atoms with Crippen molar-refractivity contribution < 1.29 is 42.8 Å². The molecule has 0 amide bonds. The maximum atomic E-state index is 14.3. The molecule has 0 aromatic rings. The summed E-state index contributed by atoms with van der Waals surface area (Å²) in [5, 5.41) is 9.76. The maximum absolute atomic E-state index is 14.3. The molecule has 1 heterocycles. The molecule has 0 radical (unpaired) electrons. The third kappa shape index (κ3) is 4.94. The van der Waals surface area contributed by atoms with Crippen LogP contribution in [0.5, 0.6) is 0 Å². The zero-order valence-corrected chi connectivity index (χ0v) is 11.8. The first kappa shape index (κ1) is 17.3. The van der Waals surface area contributed by atoms with Crippen molar-refractivity contribution in [1.29, 1.82) is 0 Å². The van der Waals surface area contributed by atoms with E-state index in [0.717, 1.165) is 20.8 Å². The van der Waals surface area contributed by atoms with Gasteiger partial charge in [0.05, 0.1) is 0 Å². The van der Waals surface area contributed by atoms with Crippen molar-refractivity contribution in [2.45, 2.75) is 51.5 Å². The molecule has 1 rings (SSSR count). The van der Waals surface area contributed by atoms with Gasteiger partial charge in [0.2, 0.25) is 0 Å². The van der Waals surface area contributed by atoms with Gasteiger partial charge in [0.1, 0.15) is 12.7 Å². The van der Waals surface area contributed by atoms with Gasteiger partial charge in [-0.3, -0.25) is 14.4 Å². The summed E-state index contributed by atoms with van der Waals surface area (Å²) in [4.78, 5) is 32.7. The first-order chi connectivity index (χ1) is 9.72. The molecule has 0 aromatic heterocycles. The molecule has 0 aromatic carbocycles. The van der Waals surface area contributed by atoms with Crippen molar-refractivity contribution in [2.75, 3.05) is 6.61 Å². The summed E-state index contributed by atoms with van der Waals surface area (Å²) in [5.74, 6) is -2.28. The van der Waals surface area contributed by atoms with E-state index in [1.807, 2.05) is 0 Å². The van der Waals surface area contributed by atoms with Gasteiger partial charge >= 0.3 is 17.9 Å². The molecule has 0 bridgehead atoms. The zero-order valence-electron chi connectivity index (χ0n) is 11.8. The highest BCUT2D eigenvalue weighted by atomic mass is 19.1. The molecule has 120 valence electrons. The molecule has 0 spiro atoms. The van der Waals surface area contributed by atoms with E-state index in [1.54, 1.807) is 0 Å². The summed E-state index contributed by atoms with van der Waals surface area (Å²) < 4.78 is 33.3. The maximum Gasteiger partial charge on any atom is 0.303 e. The largest absolute Gasteiger partial charge is 0.463 e. The molecule has 1 fully saturated rings. The van der Waals surface area contributed by atoms with Crippen molar-refractivity contribution in [3.8, 4) is 0 Å². The number of aliphatic hydroxyl groups excluding tert-OH is 1. The standard InChI is InChI=1S/C12H17FO8/c1-5(14)18-4-8-9(13)10(19-6(2)15)11(12(17)21-8)20-7(3)16/h8-12,17H,4H2,1-3H3/t8-,9-,10+,11-,12-/m1/s1. The van der Waals surface area contributed by atoms with Gasteiger partial charge < -0.3 is 24.1 Å². The topological polar surface area (TPSA) is 108 Å². The molecule has 0 aliphatic carbocycles. The highest BCUT2D eigenvalue weighted by molar-refractivity contribution is 5.67. The molecule has 1 N–H and O–H groups in total. The first-order valence-electron chi connectivity index (χ1n) is 6.17. The van der Waals surface area contributed by atoms with Crippen LogP contribution in [0.2, 0.25) is 0 Å². The Labute approximate surface area is 120 Å². The Hall–Kier alpha value is -1.74. The van der Waals surface area contributed by atoms with Gasteiger partial charge in [0.25, 0.3) is 0 Å². The van der Waals surface area contributed by atoms with Crippen LogP contribution in [0, 0.1) is 0 Å². The fourth-order valence-electron chi connectivity index (χ4n) is 1.86. The predicted octanol–water partition coefficient (Wildman–Crippen LogP) is -0.532. The fraction of sp³-hybridized carbons (Fsp3) is 0.750. The predicted molar refractivity (Wildman–Crippen MR) is 63.5 cm³/mol. The zero-order chi connectivity index (χ0) is 16.2. The average molecular weight is 308 g/mol. The number of rotatable bonds is 4.